The number of hydrogen-bond acceptors (Lipinski definition) is 2. The van der Waals surface area contributed by atoms with Crippen molar-refractivity contribution >= 4 is 29.9 Å². The fourth-order valence-corrected chi connectivity index (χ4v) is 1.38. The van der Waals surface area contributed by atoms with Gasteiger partial charge in [0.05, 0.1) is 6.61 Å². The summed E-state index contributed by atoms with van der Waals surface area (Å²) in [4.78, 5) is 3.97. The number of hydrogen-bond donors (Lipinski definition) is 2. The summed E-state index contributed by atoms with van der Waals surface area (Å²) in [6.07, 6.45) is -4.21. The smallest absolute Gasteiger partial charge is 0.383 e. The van der Waals surface area contributed by atoms with Crippen LogP contribution in [0.2, 0.25) is 0 Å². The number of halogens is 4. The quantitative estimate of drug-likeness (QED) is 0.301. The van der Waals surface area contributed by atoms with Crippen molar-refractivity contribution in [3.8, 4) is 0 Å². The second-order valence-electron chi connectivity index (χ2n) is 4.07. The van der Waals surface area contributed by atoms with Crippen molar-refractivity contribution in [3.63, 3.8) is 0 Å². The third-order valence-corrected chi connectivity index (χ3v) is 2.20. The molecule has 0 aliphatic carbocycles. The molecule has 0 aliphatic heterocycles. The largest absolute Gasteiger partial charge is 0.389 e. The van der Waals surface area contributed by atoms with Gasteiger partial charge in [-0.15, -0.1) is 24.0 Å². The summed E-state index contributed by atoms with van der Waals surface area (Å²) in [5, 5.41) is 6.03. The van der Waals surface area contributed by atoms with Gasteiger partial charge in [-0.1, -0.05) is 0 Å². The van der Waals surface area contributed by atoms with Gasteiger partial charge in [-0.3, -0.25) is 4.99 Å². The highest BCUT2D eigenvalue weighted by molar-refractivity contribution is 14.0. The van der Waals surface area contributed by atoms with Crippen LogP contribution in [0.4, 0.5) is 13.2 Å². The van der Waals surface area contributed by atoms with E-state index < -0.39 is 12.6 Å². The summed E-state index contributed by atoms with van der Waals surface area (Å²) in [7, 11) is 3.22. The molecule has 0 amide bonds. The molecule has 8 heteroatoms. The Kier molecular flexibility index (Phi) is 12.8. The molecule has 0 heterocycles. The Balaban J connectivity index is 0. The van der Waals surface area contributed by atoms with Crippen molar-refractivity contribution in [1.82, 2.24) is 10.6 Å². The molecule has 2 N–H and O–H groups in total. The minimum absolute atomic E-state index is 0. The number of nitrogens with one attached hydrogen (secondary N) is 2. The van der Waals surface area contributed by atoms with E-state index in [0.717, 1.165) is 0 Å². The van der Waals surface area contributed by atoms with Gasteiger partial charge < -0.3 is 15.4 Å². The summed E-state index contributed by atoms with van der Waals surface area (Å²) >= 11 is 0. The van der Waals surface area contributed by atoms with E-state index in [1.165, 1.54) is 0 Å². The Hall–Kier alpha value is -0.250. The normalized spacial score (nSPS) is 13.7. The maximum absolute atomic E-state index is 11.9. The minimum Gasteiger partial charge on any atom is -0.383 e. The Morgan fingerprint density at radius 1 is 1.32 bits per heavy atom. The average molecular weight is 397 g/mol. The zero-order valence-electron chi connectivity index (χ0n) is 11.5. The highest BCUT2D eigenvalue weighted by Gasteiger charge is 2.25. The van der Waals surface area contributed by atoms with Crippen LogP contribution in [0.3, 0.4) is 0 Å². The molecule has 1 atom stereocenters. The molecule has 0 spiro atoms. The molecule has 0 aromatic carbocycles. The molecule has 0 aliphatic rings. The number of methoxy groups -OCH3 is 1. The molecule has 0 saturated heterocycles. The number of aliphatic imine (C=N–C) groups is 1. The zero-order valence-corrected chi connectivity index (χ0v) is 13.8. The van der Waals surface area contributed by atoms with Crippen molar-refractivity contribution in [2.75, 3.05) is 27.3 Å². The van der Waals surface area contributed by atoms with E-state index in [9.17, 15) is 13.2 Å². The molecule has 1 unspecified atom stereocenters. The van der Waals surface area contributed by atoms with E-state index in [0.29, 0.717) is 25.5 Å². The third-order valence-electron chi connectivity index (χ3n) is 2.20. The van der Waals surface area contributed by atoms with Crippen LogP contribution in [0.1, 0.15) is 26.2 Å². The lowest BCUT2D eigenvalue weighted by atomic mass is 10.2. The minimum atomic E-state index is -4.06. The lowest BCUT2D eigenvalue weighted by Crippen LogP contribution is -2.44. The molecule has 0 aromatic rings. The predicted molar refractivity (Wildman–Crippen MR) is 81.2 cm³/mol. The number of nitrogens with zero attached hydrogens (tertiary/aromatic N) is 1. The van der Waals surface area contributed by atoms with Crippen molar-refractivity contribution in [2.45, 2.75) is 38.4 Å². The first kappa shape index (κ1) is 21.1. The number of rotatable bonds is 7. The Labute approximate surface area is 129 Å². The van der Waals surface area contributed by atoms with Crippen molar-refractivity contribution < 1.29 is 17.9 Å². The number of guanidine groups is 1. The number of ether oxygens (including phenoxy) is 1. The number of alkyl halides is 3. The van der Waals surface area contributed by atoms with Crippen LogP contribution in [0.15, 0.2) is 4.99 Å². The van der Waals surface area contributed by atoms with Gasteiger partial charge in [0.2, 0.25) is 0 Å². The van der Waals surface area contributed by atoms with Gasteiger partial charge >= 0.3 is 6.18 Å². The SMILES string of the molecule is CN=C(NCCCCC(F)(F)F)NC(C)COC.I. The van der Waals surface area contributed by atoms with E-state index in [-0.39, 0.29) is 36.4 Å². The Bertz CT molecular complexity index is 250. The molecule has 116 valence electrons. The molecule has 0 fully saturated rings. The van der Waals surface area contributed by atoms with Crippen molar-refractivity contribution in [2.24, 2.45) is 4.99 Å². The first-order valence-electron chi connectivity index (χ1n) is 5.92. The van der Waals surface area contributed by atoms with Crippen molar-refractivity contribution in [1.29, 1.82) is 0 Å². The zero-order chi connectivity index (χ0) is 14.0. The standard InChI is InChI=1S/C11H22F3N3O.HI/c1-9(8-18-3)17-10(15-2)16-7-5-4-6-11(12,13)14;/h9H,4-8H2,1-3H3,(H2,15,16,17);1H. The lowest BCUT2D eigenvalue weighted by Gasteiger charge is -2.17. The Morgan fingerprint density at radius 2 is 1.95 bits per heavy atom. The van der Waals surface area contributed by atoms with Gasteiger partial charge in [-0.05, 0) is 19.8 Å². The maximum Gasteiger partial charge on any atom is 0.389 e. The second-order valence-corrected chi connectivity index (χ2v) is 4.07. The van der Waals surface area contributed by atoms with Gasteiger partial charge in [0.15, 0.2) is 5.96 Å². The number of unbranched alkanes of at least 4 members (excludes halogenated alkanes) is 1. The van der Waals surface area contributed by atoms with Crippen LogP contribution in [-0.4, -0.2) is 45.5 Å². The van der Waals surface area contributed by atoms with Crippen LogP contribution in [0.5, 0.6) is 0 Å². The average Bonchev–Trinajstić information content (AvgIpc) is 2.25. The Morgan fingerprint density at radius 3 is 2.42 bits per heavy atom. The van der Waals surface area contributed by atoms with Gasteiger partial charge in [-0.25, -0.2) is 0 Å². The fourth-order valence-electron chi connectivity index (χ4n) is 1.38. The van der Waals surface area contributed by atoms with Gasteiger partial charge in [0.25, 0.3) is 0 Å². The van der Waals surface area contributed by atoms with Gasteiger partial charge in [-0.2, -0.15) is 13.2 Å². The molecule has 19 heavy (non-hydrogen) atoms. The second kappa shape index (κ2) is 11.6. The van der Waals surface area contributed by atoms with Gasteiger partial charge in [0.1, 0.15) is 0 Å². The predicted octanol–water partition coefficient (Wildman–Crippen LogP) is 2.54. The van der Waals surface area contributed by atoms with Crippen LogP contribution in [-0.2, 0) is 4.74 Å². The van der Waals surface area contributed by atoms with E-state index >= 15 is 0 Å². The van der Waals surface area contributed by atoms with Crippen LogP contribution in [0.25, 0.3) is 0 Å². The fraction of sp³-hybridized carbons (Fsp3) is 0.909. The summed E-state index contributed by atoms with van der Waals surface area (Å²) in [5.41, 5.74) is 0. The van der Waals surface area contributed by atoms with E-state index in [1.54, 1.807) is 14.2 Å². The maximum atomic E-state index is 11.9. The summed E-state index contributed by atoms with van der Waals surface area (Å²) in [6.45, 7) is 2.93. The molecule has 0 radical (unpaired) electrons. The summed E-state index contributed by atoms with van der Waals surface area (Å²) < 4.78 is 40.6. The molecule has 0 bridgehead atoms. The summed E-state index contributed by atoms with van der Waals surface area (Å²) in [6, 6.07) is 0.0939. The topological polar surface area (TPSA) is 45.7 Å². The van der Waals surface area contributed by atoms with Crippen LogP contribution >= 0.6 is 24.0 Å². The highest BCUT2D eigenvalue weighted by atomic mass is 127. The lowest BCUT2D eigenvalue weighted by molar-refractivity contribution is -0.135. The molecule has 4 nitrogen and oxygen atoms in total. The molecule has 0 aromatic heterocycles. The molecule has 0 rings (SSSR count). The van der Waals surface area contributed by atoms with E-state index in [1.807, 2.05) is 6.92 Å². The summed E-state index contributed by atoms with van der Waals surface area (Å²) in [5.74, 6) is 0.576. The molecular weight excluding hydrogens is 374 g/mol. The molecule has 0 saturated carbocycles. The first-order chi connectivity index (χ1) is 8.39. The van der Waals surface area contributed by atoms with Gasteiger partial charge in [0, 0.05) is 33.2 Å². The molecular formula is C11H23F3IN3O. The monoisotopic (exact) mass is 397 g/mol. The van der Waals surface area contributed by atoms with Crippen LogP contribution < -0.4 is 10.6 Å². The van der Waals surface area contributed by atoms with Crippen LogP contribution in [0, 0.1) is 0 Å². The van der Waals surface area contributed by atoms with E-state index in [4.69, 9.17) is 4.74 Å². The van der Waals surface area contributed by atoms with E-state index in [2.05, 4.69) is 15.6 Å². The first-order valence-corrected chi connectivity index (χ1v) is 5.92. The third kappa shape index (κ3) is 14.0. The highest BCUT2D eigenvalue weighted by Crippen LogP contribution is 2.21. The van der Waals surface area contributed by atoms with Crippen molar-refractivity contribution in [3.05, 3.63) is 0 Å².